The molecule has 1 nitrogen and oxygen atoms in total. The van der Waals surface area contributed by atoms with Gasteiger partial charge in [0.1, 0.15) is 0 Å². The van der Waals surface area contributed by atoms with E-state index in [0.717, 1.165) is 0 Å². The van der Waals surface area contributed by atoms with Gasteiger partial charge in [0.15, 0.2) is 0 Å². The van der Waals surface area contributed by atoms with Crippen LogP contribution in [0.2, 0.25) is 0 Å². The van der Waals surface area contributed by atoms with E-state index in [1.54, 1.807) is 0 Å². The molecule has 0 bridgehead atoms. The molecule has 0 N–H and O–H groups in total. The van der Waals surface area contributed by atoms with Crippen LogP contribution < -0.4 is 18.9 Å². The van der Waals surface area contributed by atoms with E-state index in [9.17, 15) is 0 Å². The monoisotopic (exact) mass is 299 g/mol. The van der Waals surface area contributed by atoms with Crippen molar-refractivity contribution in [2.75, 3.05) is 13.1 Å². The number of rotatable bonds is 15. The molecule has 0 aromatic heterocycles. The molecule has 124 valence electrons. The first-order chi connectivity index (χ1) is 10.4. The van der Waals surface area contributed by atoms with E-state index < -0.39 is 0 Å². The molecule has 0 spiro atoms. The SMILES string of the molecule is CCCCCCCCN(CCCCCCCC)C1C=C[CH-]1.[Li+]. The summed E-state index contributed by atoms with van der Waals surface area (Å²) in [6, 6.07) is 0.649. The quantitative estimate of drug-likeness (QED) is 0.255. The first kappa shape index (κ1) is 22.2. The van der Waals surface area contributed by atoms with Gasteiger partial charge >= 0.3 is 18.9 Å². The summed E-state index contributed by atoms with van der Waals surface area (Å²) >= 11 is 0. The van der Waals surface area contributed by atoms with E-state index in [0.29, 0.717) is 6.04 Å². The third-order valence-electron chi connectivity index (χ3n) is 4.64. The summed E-state index contributed by atoms with van der Waals surface area (Å²) in [5.41, 5.74) is 0. The Bertz CT molecular complexity index is 236. The Kier molecular flexibility index (Phi) is 16.2. The minimum Gasteiger partial charge on any atom is -0.326 e. The molecule has 2 heteroatoms. The van der Waals surface area contributed by atoms with E-state index in [4.69, 9.17) is 0 Å². The van der Waals surface area contributed by atoms with Crippen molar-refractivity contribution < 1.29 is 18.9 Å². The average molecular weight is 299 g/mol. The van der Waals surface area contributed by atoms with E-state index >= 15 is 0 Å². The Morgan fingerprint density at radius 3 is 1.50 bits per heavy atom. The number of nitrogens with zero attached hydrogens (tertiary/aromatic N) is 1. The van der Waals surface area contributed by atoms with Gasteiger partial charge in [-0.2, -0.15) is 0 Å². The average Bonchev–Trinajstić information content (AvgIpc) is 2.44. The van der Waals surface area contributed by atoms with E-state index in [1.165, 1.54) is 90.1 Å². The van der Waals surface area contributed by atoms with Crippen molar-refractivity contribution >= 4 is 0 Å². The molecule has 0 fully saturated rings. The Balaban J connectivity index is 0.00000441. The molecular weight excluding hydrogens is 261 g/mol. The fourth-order valence-electron chi connectivity index (χ4n) is 3.05. The summed E-state index contributed by atoms with van der Waals surface area (Å²) in [6.45, 7) is 7.18. The molecule has 22 heavy (non-hydrogen) atoms. The Hall–Kier alpha value is 0.167. The van der Waals surface area contributed by atoms with Gasteiger partial charge in [-0.3, -0.25) is 0 Å². The third-order valence-corrected chi connectivity index (χ3v) is 4.64. The van der Waals surface area contributed by atoms with Gasteiger partial charge in [-0.25, -0.2) is 18.6 Å². The van der Waals surface area contributed by atoms with E-state index in [-0.39, 0.29) is 18.9 Å². The van der Waals surface area contributed by atoms with Crippen LogP contribution in [0.3, 0.4) is 0 Å². The van der Waals surface area contributed by atoms with E-state index in [1.807, 2.05) is 0 Å². The maximum atomic E-state index is 2.69. The van der Waals surface area contributed by atoms with Gasteiger partial charge in [-0.1, -0.05) is 84.1 Å². The molecule has 0 heterocycles. The maximum absolute atomic E-state index is 2.69. The zero-order valence-electron chi connectivity index (χ0n) is 15.7. The predicted molar refractivity (Wildman–Crippen MR) is 95.6 cm³/mol. The molecule has 0 amide bonds. The molecule has 0 aromatic rings. The molecule has 0 saturated carbocycles. The molecule has 1 unspecified atom stereocenters. The zero-order chi connectivity index (χ0) is 15.2. The van der Waals surface area contributed by atoms with Gasteiger partial charge in [0.05, 0.1) is 0 Å². The van der Waals surface area contributed by atoms with Crippen LogP contribution in [0.1, 0.15) is 90.9 Å². The molecular formula is C20H38LiN. The minimum atomic E-state index is 0. The second kappa shape index (κ2) is 16.0. The van der Waals surface area contributed by atoms with Crippen LogP contribution in [0.5, 0.6) is 0 Å². The van der Waals surface area contributed by atoms with Crippen LogP contribution in [-0.2, 0) is 0 Å². The van der Waals surface area contributed by atoms with Crippen LogP contribution in [0.4, 0.5) is 0 Å². The summed E-state index contributed by atoms with van der Waals surface area (Å²) in [6.07, 6.45) is 23.8. The van der Waals surface area contributed by atoms with E-state index in [2.05, 4.69) is 37.3 Å². The van der Waals surface area contributed by atoms with Crippen molar-refractivity contribution in [1.29, 1.82) is 0 Å². The van der Waals surface area contributed by atoms with Crippen LogP contribution in [0, 0.1) is 6.42 Å². The predicted octanol–water partition coefficient (Wildman–Crippen LogP) is 3.16. The van der Waals surface area contributed by atoms with Crippen LogP contribution >= 0.6 is 0 Å². The third kappa shape index (κ3) is 10.8. The fourth-order valence-corrected chi connectivity index (χ4v) is 3.05. The van der Waals surface area contributed by atoms with Crippen molar-refractivity contribution in [3.63, 3.8) is 0 Å². The van der Waals surface area contributed by atoms with Gasteiger partial charge < -0.3 is 4.90 Å². The van der Waals surface area contributed by atoms with Gasteiger partial charge in [0.2, 0.25) is 0 Å². The van der Waals surface area contributed by atoms with Crippen LogP contribution in [0.25, 0.3) is 0 Å². The van der Waals surface area contributed by atoms with Gasteiger partial charge in [-0.05, 0) is 25.9 Å². The molecule has 0 radical (unpaired) electrons. The first-order valence-corrected chi connectivity index (χ1v) is 9.64. The minimum absolute atomic E-state index is 0. The molecule has 0 aliphatic heterocycles. The van der Waals surface area contributed by atoms with Gasteiger partial charge in [0, 0.05) is 0 Å². The standard InChI is InChI=1S/C20H38N.Li/c1-3-5-7-9-11-13-18-21(20-16-15-17-20)19-14-12-10-8-6-4-2;/h15-17,20H,3-14,18-19H2,1-2H3;/q-1;+1. The Morgan fingerprint density at radius 2 is 1.14 bits per heavy atom. The second-order valence-corrected chi connectivity index (χ2v) is 6.64. The first-order valence-electron chi connectivity index (χ1n) is 9.64. The summed E-state index contributed by atoms with van der Waals surface area (Å²) < 4.78 is 0. The second-order valence-electron chi connectivity index (χ2n) is 6.64. The summed E-state index contributed by atoms with van der Waals surface area (Å²) in [7, 11) is 0. The summed E-state index contributed by atoms with van der Waals surface area (Å²) in [5.74, 6) is 0. The smallest absolute Gasteiger partial charge is 0.326 e. The van der Waals surface area contributed by atoms with Crippen molar-refractivity contribution in [3.8, 4) is 0 Å². The van der Waals surface area contributed by atoms with Gasteiger partial charge in [0.25, 0.3) is 0 Å². The number of unbranched alkanes of at least 4 members (excludes halogenated alkanes) is 10. The number of hydrogen-bond acceptors (Lipinski definition) is 1. The molecule has 1 rings (SSSR count). The largest absolute Gasteiger partial charge is 1.00 e. The molecule has 1 aliphatic carbocycles. The Labute approximate surface area is 152 Å². The number of hydrogen-bond donors (Lipinski definition) is 0. The molecule has 1 atom stereocenters. The van der Waals surface area contributed by atoms with Crippen LogP contribution in [0.15, 0.2) is 12.2 Å². The van der Waals surface area contributed by atoms with Crippen molar-refractivity contribution in [1.82, 2.24) is 4.90 Å². The normalized spacial score (nSPS) is 16.2. The summed E-state index contributed by atoms with van der Waals surface area (Å²) in [4.78, 5) is 2.69. The molecule has 1 aliphatic rings. The van der Waals surface area contributed by atoms with Gasteiger partial charge in [-0.15, -0.1) is 0 Å². The van der Waals surface area contributed by atoms with Crippen molar-refractivity contribution in [2.45, 2.75) is 96.9 Å². The summed E-state index contributed by atoms with van der Waals surface area (Å²) in [5, 5.41) is 0. The molecule has 0 aromatic carbocycles. The topological polar surface area (TPSA) is 3.24 Å². The Morgan fingerprint density at radius 1 is 0.727 bits per heavy atom. The maximum Gasteiger partial charge on any atom is 1.00 e. The van der Waals surface area contributed by atoms with Crippen LogP contribution in [-0.4, -0.2) is 24.0 Å². The fraction of sp³-hybridized carbons (Fsp3) is 0.850. The zero-order valence-corrected chi connectivity index (χ0v) is 15.7. The van der Waals surface area contributed by atoms with Crippen molar-refractivity contribution in [2.24, 2.45) is 0 Å². The van der Waals surface area contributed by atoms with Crippen molar-refractivity contribution in [3.05, 3.63) is 18.6 Å². The molecule has 0 saturated heterocycles.